The molecule has 1 aromatic heterocycles. The van der Waals surface area contributed by atoms with E-state index in [0.717, 1.165) is 10.4 Å². The molecule has 0 amide bonds. The number of anilines is 1. The van der Waals surface area contributed by atoms with Crippen LogP contribution in [0.4, 0.5) is 5.13 Å². The smallest absolute Gasteiger partial charge is 0.180 e. The minimum atomic E-state index is 0.538. The van der Waals surface area contributed by atoms with E-state index in [4.69, 9.17) is 22.6 Å². The SMILES string of the molecule is N#Cc1ccc(Cl)cc1Cc1cnc(N)s1. The number of rotatable bonds is 2. The van der Waals surface area contributed by atoms with Crippen molar-refractivity contribution in [3.8, 4) is 6.07 Å². The lowest BCUT2D eigenvalue weighted by Crippen LogP contribution is -1.90. The Balaban J connectivity index is 2.34. The minimum Gasteiger partial charge on any atom is -0.375 e. The highest BCUT2D eigenvalue weighted by Gasteiger charge is 2.06. The zero-order valence-electron chi connectivity index (χ0n) is 8.27. The molecule has 0 aliphatic rings. The summed E-state index contributed by atoms with van der Waals surface area (Å²) < 4.78 is 0. The summed E-state index contributed by atoms with van der Waals surface area (Å²) >= 11 is 7.32. The molecule has 80 valence electrons. The van der Waals surface area contributed by atoms with Gasteiger partial charge in [0.15, 0.2) is 5.13 Å². The van der Waals surface area contributed by atoms with Crippen molar-refractivity contribution in [2.24, 2.45) is 0 Å². The standard InChI is InChI=1S/C11H8ClN3S/c12-9-2-1-7(5-13)8(3-9)4-10-6-15-11(14)16-10/h1-3,6H,4H2,(H2,14,15). The van der Waals surface area contributed by atoms with Crippen LogP contribution in [-0.4, -0.2) is 4.98 Å². The van der Waals surface area contributed by atoms with Crippen molar-refractivity contribution in [3.05, 3.63) is 45.4 Å². The molecule has 0 spiro atoms. The van der Waals surface area contributed by atoms with E-state index in [9.17, 15) is 0 Å². The van der Waals surface area contributed by atoms with E-state index in [2.05, 4.69) is 11.1 Å². The van der Waals surface area contributed by atoms with Crippen molar-refractivity contribution in [2.45, 2.75) is 6.42 Å². The number of thiazole rings is 1. The molecule has 0 atom stereocenters. The van der Waals surface area contributed by atoms with Crippen LogP contribution in [0, 0.1) is 11.3 Å². The van der Waals surface area contributed by atoms with Gasteiger partial charge in [0.05, 0.1) is 11.6 Å². The predicted octanol–water partition coefficient (Wildman–Crippen LogP) is 2.84. The molecule has 1 heterocycles. The van der Waals surface area contributed by atoms with Crippen molar-refractivity contribution in [1.29, 1.82) is 5.26 Å². The number of nitrogens with two attached hydrogens (primary N) is 1. The summed E-state index contributed by atoms with van der Waals surface area (Å²) in [5.74, 6) is 0. The Bertz CT molecular complexity index is 557. The van der Waals surface area contributed by atoms with Crippen LogP contribution in [0.25, 0.3) is 0 Å². The summed E-state index contributed by atoms with van der Waals surface area (Å²) in [6.45, 7) is 0. The number of aromatic nitrogens is 1. The van der Waals surface area contributed by atoms with Gasteiger partial charge >= 0.3 is 0 Å². The molecule has 0 aliphatic carbocycles. The van der Waals surface area contributed by atoms with Gasteiger partial charge in [-0.25, -0.2) is 4.98 Å². The van der Waals surface area contributed by atoms with E-state index in [-0.39, 0.29) is 0 Å². The summed E-state index contributed by atoms with van der Waals surface area (Å²) in [4.78, 5) is 5.00. The van der Waals surface area contributed by atoms with E-state index < -0.39 is 0 Å². The first kappa shape index (κ1) is 10.9. The van der Waals surface area contributed by atoms with E-state index in [1.165, 1.54) is 11.3 Å². The van der Waals surface area contributed by atoms with Crippen LogP contribution in [0.3, 0.4) is 0 Å². The number of nitrogen functional groups attached to an aromatic ring is 1. The Kier molecular flexibility index (Phi) is 3.09. The Morgan fingerprint density at radius 3 is 2.94 bits per heavy atom. The summed E-state index contributed by atoms with van der Waals surface area (Å²) in [6.07, 6.45) is 2.36. The Morgan fingerprint density at radius 1 is 1.50 bits per heavy atom. The van der Waals surface area contributed by atoms with Gasteiger partial charge in [-0.1, -0.05) is 11.6 Å². The van der Waals surface area contributed by atoms with Crippen LogP contribution in [0.1, 0.15) is 16.0 Å². The lowest BCUT2D eigenvalue weighted by molar-refractivity contribution is 1.20. The van der Waals surface area contributed by atoms with Gasteiger partial charge in [0.2, 0.25) is 0 Å². The maximum atomic E-state index is 8.96. The van der Waals surface area contributed by atoms with Gasteiger partial charge in [0, 0.05) is 22.5 Å². The van der Waals surface area contributed by atoms with Crippen LogP contribution < -0.4 is 5.73 Å². The van der Waals surface area contributed by atoms with E-state index in [0.29, 0.717) is 22.1 Å². The van der Waals surface area contributed by atoms with Gasteiger partial charge in [0.1, 0.15) is 0 Å². The second-order valence-electron chi connectivity index (χ2n) is 3.25. The fraction of sp³-hybridized carbons (Fsp3) is 0.0909. The number of nitrogens with zero attached hydrogens (tertiary/aromatic N) is 2. The number of benzene rings is 1. The number of nitriles is 1. The van der Waals surface area contributed by atoms with Gasteiger partial charge < -0.3 is 5.73 Å². The molecule has 2 aromatic rings. The van der Waals surface area contributed by atoms with Crippen molar-refractivity contribution in [3.63, 3.8) is 0 Å². The first-order valence-electron chi connectivity index (χ1n) is 4.58. The predicted molar refractivity (Wildman–Crippen MR) is 65.5 cm³/mol. The molecular formula is C11H8ClN3S. The van der Waals surface area contributed by atoms with Gasteiger partial charge in [-0.2, -0.15) is 5.26 Å². The molecule has 0 radical (unpaired) electrons. The van der Waals surface area contributed by atoms with Crippen LogP contribution in [-0.2, 0) is 6.42 Å². The minimum absolute atomic E-state index is 0.538. The molecule has 2 N–H and O–H groups in total. The molecule has 1 aromatic carbocycles. The van der Waals surface area contributed by atoms with Crippen LogP contribution in [0.5, 0.6) is 0 Å². The fourth-order valence-electron chi connectivity index (χ4n) is 1.41. The normalized spacial score (nSPS) is 10.0. The number of halogens is 1. The molecule has 5 heteroatoms. The monoisotopic (exact) mass is 249 g/mol. The lowest BCUT2D eigenvalue weighted by Gasteiger charge is -2.02. The maximum Gasteiger partial charge on any atom is 0.180 e. The molecule has 2 rings (SSSR count). The first-order valence-corrected chi connectivity index (χ1v) is 5.77. The Labute approximate surface area is 102 Å². The highest BCUT2D eigenvalue weighted by atomic mass is 35.5. The summed E-state index contributed by atoms with van der Waals surface area (Å²) in [7, 11) is 0. The zero-order chi connectivity index (χ0) is 11.5. The molecule has 0 bridgehead atoms. The van der Waals surface area contributed by atoms with Gasteiger partial charge in [0.25, 0.3) is 0 Å². The Morgan fingerprint density at radius 2 is 2.31 bits per heavy atom. The summed E-state index contributed by atoms with van der Waals surface area (Å²) in [5, 5.41) is 10.1. The summed E-state index contributed by atoms with van der Waals surface area (Å²) in [5.41, 5.74) is 7.09. The molecule has 3 nitrogen and oxygen atoms in total. The third-order valence-electron chi connectivity index (χ3n) is 2.12. The van der Waals surface area contributed by atoms with Gasteiger partial charge in [-0.05, 0) is 23.8 Å². The largest absolute Gasteiger partial charge is 0.375 e. The number of hydrogen-bond donors (Lipinski definition) is 1. The zero-order valence-corrected chi connectivity index (χ0v) is 9.85. The van der Waals surface area contributed by atoms with Crippen LogP contribution >= 0.6 is 22.9 Å². The maximum absolute atomic E-state index is 8.96. The number of hydrogen-bond acceptors (Lipinski definition) is 4. The van der Waals surface area contributed by atoms with Crippen LogP contribution in [0.15, 0.2) is 24.4 Å². The van der Waals surface area contributed by atoms with Gasteiger partial charge in [-0.15, -0.1) is 11.3 Å². The van der Waals surface area contributed by atoms with E-state index in [1.54, 1.807) is 24.4 Å². The van der Waals surface area contributed by atoms with Crippen molar-refractivity contribution < 1.29 is 0 Å². The molecule has 0 unspecified atom stereocenters. The molecule has 16 heavy (non-hydrogen) atoms. The summed E-state index contributed by atoms with van der Waals surface area (Å²) in [6, 6.07) is 7.38. The highest BCUT2D eigenvalue weighted by molar-refractivity contribution is 7.15. The highest BCUT2D eigenvalue weighted by Crippen LogP contribution is 2.22. The average molecular weight is 250 g/mol. The first-order chi connectivity index (χ1) is 7.69. The Hall–Kier alpha value is -1.57. The third kappa shape index (κ3) is 2.32. The van der Waals surface area contributed by atoms with E-state index >= 15 is 0 Å². The third-order valence-corrected chi connectivity index (χ3v) is 3.19. The average Bonchev–Trinajstić information content (AvgIpc) is 2.64. The lowest BCUT2D eigenvalue weighted by atomic mass is 10.1. The molecule has 0 saturated carbocycles. The quantitative estimate of drug-likeness (QED) is 0.890. The van der Waals surface area contributed by atoms with Crippen molar-refractivity contribution >= 4 is 28.1 Å². The topological polar surface area (TPSA) is 62.7 Å². The fourth-order valence-corrected chi connectivity index (χ4v) is 2.31. The molecule has 0 fully saturated rings. The molecule has 0 aliphatic heterocycles. The van der Waals surface area contributed by atoms with E-state index in [1.807, 2.05) is 0 Å². The molecule has 0 saturated heterocycles. The van der Waals surface area contributed by atoms with Crippen molar-refractivity contribution in [1.82, 2.24) is 4.98 Å². The van der Waals surface area contributed by atoms with Gasteiger partial charge in [-0.3, -0.25) is 0 Å². The van der Waals surface area contributed by atoms with Crippen LogP contribution in [0.2, 0.25) is 5.02 Å². The second-order valence-corrected chi connectivity index (χ2v) is 4.84. The molecular weight excluding hydrogens is 242 g/mol. The second kappa shape index (κ2) is 4.52. The van der Waals surface area contributed by atoms with Crippen molar-refractivity contribution in [2.75, 3.05) is 5.73 Å².